The van der Waals surface area contributed by atoms with Crippen LogP contribution < -0.4 is 4.90 Å². The lowest BCUT2D eigenvalue weighted by Gasteiger charge is -2.26. The Kier molecular flexibility index (Phi) is 6.76. The van der Waals surface area contributed by atoms with Gasteiger partial charge in [-0.15, -0.1) is 11.3 Å². The van der Waals surface area contributed by atoms with Crippen LogP contribution in [0.25, 0.3) is 85.9 Å². The molecule has 0 saturated carbocycles. The number of rotatable bonds is 5. The molecule has 53 heavy (non-hydrogen) atoms. The van der Waals surface area contributed by atoms with Crippen LogP contribution >= 0.6 is 11.3 Å². The summed E-state index contributed by atoms with van der Waals surface area (Å²) in [7, 11) is 0. The maximum atomic E-state index is 6.40. The molecule has 248 valence electrons. The van der Waals surface area contributed by atoms with Gasteiger partial charge in [0.25, 0.3) is 0 Å². The summed E-state index contributed by atoms with van der Waals surface area (Å²) >= 11 is 1.85. The van der Waals surface area contributed by atoms with Gasteiger partial charge in [0.05, 0.1) is 0 Å². The molecule has 9 aromatic carbocycles. The molecule has 11 rings (SSSR count). The van der Waals surface area contributed by atoms with Gasteiger partial charge in [0.15, 0.2) is 0 Å². The molecular formula is C50H31NOS. The molecule has 0 atom stereocenters. The van der Waals surface area contributed by atoms with Gasteiger partial charge in [-0.05, 0) is 98.4 Å². The van der Waals surface area contributed by atoms with Crippen molar-refractivity contribution in [1.29, 1.82) is 0 Å². The van der Waals surface area contributed by atoms with Crippen molar-refractivity contribution >= 4 is 92.1 Å². The number of para-hydroxylation sites is 1. The highest BCUT2D eigenvalue weighted by atomic mass is 32.1. The zero-order valence-electron chi connectivity index (χ0n) is 28.7. The SMILES string of the molecule is c1ccc(-c2cccc3c2c(-c2ccc(N(c4ccc5c(c4)oc4ccccc45)c4ccc5c(c4)sc4ccccc45)cc2)cc2ccccc23)cc1. The Labute approximate surface area is 310 Å². The predicted molar refractivity (Wildman–Crippen MR) is 227 cm³/mol. The summed E-state index contributed by atoms with van der Waals surface area (Å²) in [6.45, 7) is 0. The van der Waals surface area contributed by atoms with Crippen LogP contribution in [0.5, 0.6) is 0 Å². The van der Waals surface area contributed by atoms with Crippen molar-refractivity contribution in [3.05, 3.63) is 188 Å². The van der Waals surface area contributed by atoms with Crippen LogP contribution in [0.4, 0.5) is 17.1 Å². The molecule has 0 fully saturated rings. The molecule has 0 aliphatic heterocycles. The van der Waals surface area contributed by atoms with E-state index < -0.39 is 0 Å². The molecule has 0 amide bonds. The summed E-state index contributed by atoms with van der Waals surface area (Å²) in [5.74, 6) is 0. The number of fused-ring (bicyclic) bond motifs is 9. The summed E-state index contributed by atoms with van der Waals surface area (Å²) in [6, 6.07) is 68.1. The minimum absolute atomic E-state index is 0.879. The van der Waals surface area contributed by atoms with E-state index in [1.807, 2.05) is 23.5 Å². The first-order valence-electron chi connectivity index (χ1n) is 18.0. The van der Waals surface area contributed by atoms with Crippen LogP contribution in [0.1, 0.15) is 0 Å². The van der Waals surface area contributed by atoms with Gasteiger partial charge >= 0.3 is 0 Å². The lowest BCUT2D eigenvalue weighted by molar-refractivity contribution is 0.669. The van der Waals surface area contributed by atoms with Crippen LogP contribution in [0.15, 0.2) is 192 Å². The zero-order valence-corrected chi connectivity index (χ0v) is 29.5. The first kappa shape index (κ1) is 30.0. The minimum atomic E-state index is 0.879. The summed E-state index contributed by atoms with van der Waals surface area (Å²) in [4.78, 5) is 2.36. The topological polar surface area (TPSA) is 16.4 Å². The Morgan fingerprint density at radius 3 is 1.85 bits per heavy atom. The number of hydrogen-bond donors (Lipinski definition) is 0. The number of hydrogen-bond acceptors (Lipinski definition) is 3. The number of anilines is 3. The lowest BCUT2D eigenvalue weighted by Crippen LogP contribution is -2.09. The maximum absolute atomic E-state index is 6.40. The molecule has 0 unspecified atom stereocenters. The summed E-state index contributed by atoms with van der Waals surface area (Å²) < 4.78 is 8.97. The predicted octanol–water partition coefficient (Wildman–Crippen LogP) is 15.1. The van der Waals surface area contributed by atoms with Gasteiger partial charge in [-0.3, -0.25) is 0 Å². The standard InChI is InChI=1S/C50H31NOS/c1-2-11-32(12-3-1)39-17-10-18-44-38-14-5-4-13-34(38)29-45(50(39)44)33-21-23-35(24-22-33)51(36-25-27-41-40-15-6-8-19-46(40)52-47(41)30-36)37-26-28-43-42-16-7-9-20-48(42)53-49(43)31-37/h1-31H. The fourth-order valence-electron chi connectivity index (χ4n) is 8.19. The number of benzene rings is 9. The molecule has 11 aromatic rings. The monoisotopic (exact) mass is 693 g/mol. The molecule has 0 N–H and O–H groups in total. The third kappa shape index (κ3) is 4.86. The van der Waals surface area contributed by atoms with Gasteiger partial charge < -0.3 is 9.32 Å². The quantitative estimate of drug-likeness (QED) is 0.167. The number of furan rings is 1. The summed E-state index contributed by atoms with van der Waals surface area (Å²) in [6.07, 6.45) is 0. The molecule has 2 nitrogen and oxygen atoms in total. The van der Waals surface area contributed by atoms with E-state index in [9.17, 15) is 0 Å². The third-order valence-electron chi connectivity index (χ3n) is 10.6. The second-order valence-electron chi connectivity index (χ2n) is 13.7. The van der Waals surface area contributed by atoms with E-state index >= 15 is 0 Å². The van der Waals surface area contributed by atoms with Crippen LogP contribution in [-0.4, -0.2) is 0 Å². The second kappa shape index (κ2) is 11.9. The van der Waals surface area contributed by atoms with Gasteiger partial charge in [-0.25, -0.2) is 0 Å². The van der Waals surface area contributed by atoms with Gasteiger partial charge in [0.1, 0.15) is 11.2 Å². The molecule has 0 spiro atoms. The van der Waals surface area contributed by atoms with Gasteiger partial charge in [-0.2, -0.15) is 0 Å². The van der Waals surface area contributed by atoms with Gasteiger partial charge in [-0.1, -0.05) is 127 Å². The maximum Gasteiger partial charge on any atom is 0.137 e. The third-order valence-corrected chi connectivity index (χ3v) is 11.8. The average molecular weight is 694 g/mol. The fourth-order valence-corrected chi connectivity index (χ4v) is 9.33. The van der Waals surface area contributed by atoms with E-state index in [-0.39, 0.29) is 0 Å². The molecule has 2 aromatic heterocycles. The summed E-state index contributed by atoms with van der Waals surface area (Å²) in [5, 5.41) is 9.89. The van der Waals surface area contributed by atoms with Crippen molar-refractivity contribution in [3.8, 4) is 22.3 Å². The lowest BCUT2D eigenvalue weighted by atomic mass is 9.88. The van der Waals surface area contributed by atoms with E-state index in [0.717, 1.165) is 39.0 Å². The number of nitrogens with zero attached hydrogens (tertiary/aromatic N) is 1. The average Bonchev–Trinajstić information content (AvgIpc) is 3.79. The Hall–Kier alpha value is -6.68. The van der Waals surface area contributed by atoms with Crippen molar-refractivity contribution in [2.24, 2.45) is 0 Å². The largest absolute Gasteiger partial charge is 0.456 e. The number of thiophene rings is 1. The highest BCUT2D eigenvalue weighted by Crippen LogP contribution is 2.44. The van der Waals surface area contributed by atoms with Crippen molar-refractivity contribution in [3.63, 3.8) is 0 Å². The normalized spacial score (nSPS) is 11.8. The van der Waals surface area contributed by atoms with E-state index in [2.05, 4.69) is 181 Å². The molecule has 0 radical (unpaired) electrons. The first-order valence-corrected chi connectivity index (χ1v) is 18.8. The fraction of sp³-hybridized carbons (Fsp3) is 0. The molecular weight excluding hydrogens is 663 g/mol. The van der Waals surface area contributed by atoms with Crippen molar-refractivity contribution in [1.82, 2.24) is 0 Å². The Bertz CT molecular complexity index is 3060. The Morgan fingerprint density at radius 1 is 0.358 bits per heavy atom. The van der Waals surface area contributed by atoms with Crippen LogP contribution in [0, 0.1) is 0 Å². The highest BCUT2D eigenvalue weighted by Gasteiger charge is 2.19. The van der Waals surface area contributed by atoms with Crippen molar-refractivity contribution < 1.29 is 4.42 Å². The van der Waals surface area contributed by atoms with E-state index in [1.54, 1.807) is 0 Å². The van der Waals surface area contributed by atoms with Crippen molar-refractivity contribution in [2.75, 3.05) is 4.90 Å². The Morgan fingerprint density at radius 2 is 0.981 bits per heavy atom. The van der Waals surface area contributed by atoms with Crippen molar-refractivity contribution in [2.45, 2.75) is 0 Å². The van der Waals surface area contributed by atoms with E-state index in [4.69, 9.17) is 4.42 Å². The van der Waals surface area contributed by atoms with Gasteiger partial charge in [0, 0.05) is 54.1 Å². The molecule has 3 heteroatoms. The molecule has 0 bridgehead atoms. The van der Waals surface area contributed by atoms with Crippen LogP contribution in [0.3, 0.4) is 0 Å². The molecule has 0 aliphatic rings. The highest BCUT2D eigenvalue weighted by molar-refractivity contribution is 7.25. The Balaban J connectivity index is 1.10. The van der Waals surface area contributed by atoms with Crippen LogP contribution in [-0.2, 0) is 0 Å². The smallest absolute Gasteiger partial charge is 0.137 e. The molecule has 2 heterocycles. The van der Waals surface area contributed by atoms with E-state index in [0.29, 0.717) is 0 Å². The zero-order chi connectivity index (χ0) is 34.9. The first-order chi connectivity index (χ1) is 26.3. The molecule has 0 saturated heterocycles. The molecule has 0 aliphatic carbocycles. The van der Waals surface area contributed by atoms with Crippen LogP contribution in [0.2, 0.25) is 0 Å². The van der Waals surface area contributed by atoms with Gasteiger partial charge in [0.2, 0.25) is 0 Å². The minimum Gasteiger partial charge on any atom is -0.456 e. The van der Waals surface area contributed by atoms with E-state index in [1.165, 1.54) is 64.0 Å². The summed E-state index contributed by atoms with van der Waals surface area (Å²) in [5.41, 5.74) is 9.89. The second-order valence-corrected chi connectivity index (χ2v) is 14.8.